The van der Waals surface area contributed by atoms with Crippen LogP contribution in [0.2, 0.25) is 0 Å². The van der Waals surface area contributed by atoms with E-state index in [-0.39, 0.29) is 17.9 Å². The van der Waals surface area contributed by atoms with Crippen molar-refractivity contribution in [3.63, 3.8) is 0 Å². The van der Waals surface area contributed by atoms with Crippen molar-refractivity contribution in [2.75, 3.05) is 0 Å². The van der Waals surface area contributed by atoms with Crippen LogP contribution < -0.4 is 0 Å². The molecule has 0 spiro atoms. The van der Waals surface area contributed by atoms with E-state index in [1.54, 1.807) is 17.3 Å². The van der Waals surface area contributed by atoms with Crippen molar-refractivity contribution >= 4 is 28.8 Å². The lowest BCUT2D eigenvalue weighted by atomic mass is 9.89. The quantitative estimate of drug-likeness (QED) is 0.372. The highest BCUT2D eigenvalue weighted by Crippen LogP contribution is 2.42. The first-order chi connectivity index (χ1) is 15.1. The molecule has 156 valence electrons. The molecular formula is C25H22N2O3S. The van der Waals surface area contributed by atoms with Gasteiger partial charge in [-0.05, 0) is 72.0 Å². The minimum absolute atomic E-state index is 0.0950. The molecule has 31 heavy (non-hydrogen) atoms. The number of benzene rings is 1. The molecule has 6 heteroatoms. The standard InChI is InChI=1S/C25H22N2O3S/c28-23(19-8-7-17-4-1-2-5-18(17)14-19)21-22(20-6-3-13-31-20)27(25(30)24(21)29)15-16-9-11-26-12-10-16/h3,6-14,22,28H,1-2,4-5,15H2/b23-21-. The fraction of sp³-hybridized carbons (Fsp3) is 0.240. The maximum absolute atomic E-state index is 13.1. The lowest BCUT2D eigenvalue weighted by Gasteiger charge is -2.24. The molecule has 2 aliphatic rings. The molecule has 0 bridgehead atoms. The van der Waals surface area contributed by atoms with Crippen molar-refractivity contribution in [1.29, 1.82) is 0 Å². The number of aliphatic hydroxyl groups is 1. The van der Waals surface area contributed by atoms with Gasteiger partial charge in [-0.25, -0.2) is 0 Å². The Kier molecular flexibility index (Phi) is 5.16. The van der Waals surface area contributed by atoms with Crippen LogP contribution >= 0.6 is 11.3 Å². The van der Waals surface area contributed by atoms with E-state index in [4.69, 9.17) is 0 Å². The predicted molar refractivity (Wildman–Crippen MR) is 119 cm³/mol. The number of aromatic nitrogens is 1. The maximum atomic E-state index is 13.1. The summed E-state index contributed by atoms with van der Waals surface area (Å²) < 4.78 is 0. The average Bonchev–Trinajstić information content (AvgIpc) is 3.42. The molecule has 2 aromatic heterocycles. The predicted octanol–water partition coefficient (Wildman–Crippen LogP) is 4.64. The van der Waals surface area contributed by atoms with Crippen molar-refractivity contribution in [3.05, 3.63) is 92.9 Å². The molecule has 1 unspecified atom stereocenters. The number of amides is 1. The van der Waals surface area contributed by atoms with Gasteiger partial charge in [0.2, 0.25) is 0 Å². The number of aliphatic hydroxyl groups excluding tert-OH is 1. The van der Waals surface area contributed by atoms with Crippen LogP contribution in [0.4, 0.5) is 0 Å². The second kappa shape index (κ2) is 8.12. The molecule has 1 aliphatic heterocycles. The molecule has 1 aromatic carbocycles. The Morgan fingerprint density at radius 2 is 1.84 bits per heavy atom. The van der Waals surface area contributed by atoms with E-state index < -0.39 is 17.7 Å². The first-order valence-corrected chi connectivity index (χ1v) is 11.3. The number of fused-ring (bicyclic) bond motifs is 1. The van der Waals surface area contributed by atoms with Gasteiger partial charge in [0.25, 0.3) is 11.7 Å². The van der Waals surface area contributed by atoms with Crippen molar-refractivity contribution in [1.82, 2.24) is 9.88 Å². The van der Waals surface area contributed by atoms with Crippen LogP contribution in [0.5, 0.6) is 0 Å². The van der Waals surface area contributed by atoms with Gasteiger partial charge >= 0.3 is 0 Å². The first kappa shape index (κ1) is 19.7. The van der Waals surface area contributed by atoms with E-state index in [1.165, 1.54) is 28.9 Å². The van der Waals surface area contributed by atoms with Gasteiger partial charge in [-0.15, -0.1) is 11.3 Å². The van der Waals surface area contributed by atoms with E-state index in [0.29, 0.717) is 5.56 Å². The Morgan fingerprint density at radius 1 is 1.06 bits per heavy atom. The molecule has 3 aromatic rings. The van der Waals surface area contributed by atoms with E-state index in [2.05, 4.69) is 4.98 Å². The zero-order chi connectivity index (χ0) is 21.4. The first-order valence-electron chi connectivity index (χ1n) is 10.5. The SMILES string of the molecule is O=C1C(=O)N(Cc2ccncc2)C(c2cccs2)/C1=C(/O)c1ccc2c(c1)CCCC2. The summed E-state index contributed by atoms with van der Waals surface area (Å²) in [6.07, 6.45) is 7.65. The van der Waals surface area contributed by atoms with Gasteiger partial charge < -0.3 is 10.0 Å². The Morgan fingerprint density at radius 3 is 2.58 bits per heavy atom. The Hall–Kier alpha value is -3.25. The molecular weight excluding hydrogens is 408 g/mol. The van der Waals surface area contributed by atoms with E-state index in [0.717, 1.165) is 29.7 Å². The molecule has 1 saturated heterocycles. The number of ketones is 1. The second-order valence-corrected chi connectivity index (χ2v) is 8.97. The molecule has 5 nitrogen and oxygen atoms in total. The van der Waals surface area contributed by atoms with Crippen LogP contribution in [0.15, 0.2) is 65.8 Å². The van der Waals surface area contributed by atoms with Gasteiger partial charge in [0.1, 0.15) is 5.76 Å². The summed E-state index contributed by atoms with van der Waals surface area (Å²) >= 11 is 1.47. The van der Waals surface area contributed by atoms with E-state index >= 15 is 0 Å². The summed E-state index contributed by atoms with van der Waals surface area (Å²) in [5, 5.41) is 13.2. The van der Waals surface area contributed by atoms with Crippen molar-refractivity contribution in [2.24, 2.45) is 0 Å². The molecule has 3 heterocycles. The number of hydrogen-bond acceptors (Lipinski definition) is 5. The normalized spacial score (nSPS) is 20.1. The molecule has 0 radical (unpaired) electrons. The molecule has 5 rings (SSSR count). The highest BCUT2D eigenvalue weighted by molar-refractivity contribution is 7.10. The van der Waals surface area contributed by atoms with Gasteiger partial charge in [0, 0.05) is 29.4 Å². The monoisotopic (exact) mass is 430 g/mol. The van der Waals surface area contributed by atoms with E-state index in [1.807, 2.05) is 47.8 Å². The summed E-state index contributed by atoms with van der Waals surface area (Å²) in [7, 11) is 0. The number of aryl methyl sites for hydroxylation is 2. The molecule has 1 fully saturated rings. The van der Waals surface area contributed by atoms with Gasteiger partial charge in [-0.3, -0.25) is 14.6 Å². The number of rotatable bonds is 4. The number of thiophene rings is 1. The third-order valence-corrected chi connectivity index (χ3v) is 7.00. The highest BCUT2D eigenvalue weighted by Gasteiger charge is 2.46. The lowest BCUT2D eigenvalue weighted by molar-refractivity contribution is -0.140. The van der Waals surface area contributed by atoms with Crippen LogP contribution in [-0.4, -0.2) is 26.7 Å². The molecule has 1 N–H and O–H groups in total. The number of carbonyl (C=O) groups excluding carboxylic acids is 2. The number of likely N-dealkylation sites (tertiary alicyclic amines) is 1. The highest BCUT2D eigenvalue weighted by atomic mass is 32.1. The Balaban J connectivity index is 1.60. The summed E-state index contributed by atoms with van der Waals surface area (Å²) in [6, 6.07) is 12.7. The van der Waals surface area contributed by atoms with Crippen LogP contribution in [0.3, 0.4) is 0 Å². The Bertz CT molecular complexity index is 1170. The number of carbonyl (C=O) groups is 2. The van der Waals surface area contributed by atoms with Gasteiger partial charge in [0.05, 0.1) is 11.6 Å². The number of nitrogens with zero attached hydrogens (tertiary/aromatic N) is 2. The number of Topliss-reactive ketones (excluding diaryl/α,β-unsaturated/α-hetero) is 1. The fourth-order valence-corrected chi connectivity index (χ4v) is 5.35. The summed E-state index contributed by atoms with van der Waals surface area (Å²) in [5.41, 5.74) is 4.17. The molecule has 0 saturated carbocycles. The van der Waals surface area contributed by atoms with Crippen molar-refractivity contribution in [2.45, 2.75) is 38.3 Å². The van der Waals surface area contributed by atoms with Crippen LogP contribution in [0, 0.1) is 0 Å². The lowest BCUT2D eigenvalue weighted by Crippen LogP contribution is -2.28. The van der Waals surface area contributed by atoms with E-state index in [9.17, 15) is 14.7 Å². The van der Waals surface area contributed by atoms with Crippen molar-refractivity contribution in [3.8, 4) is 0 Å². The Labute approximate surface area is 184 Å². The van der Waals surface area contributed by atoms with Crippen LogP contribution in [0.1, 0.15) is 46.0 Å². The van der Waals surface area contributed by atoms with Gasteiger partial charge in [-0.1, -0.05) is 18.2 Å². The summed E-state index contributed by atoms with van der Waals surface area (Å²) in [5.74, 6) is -1.32. The zero-order valence-electron chi connectivity index (χ0n) is 17.0. The van der Waals surface area contributed by atoms with Gasteiger partial charge in [-0.2, -0.15) is 0 Å². The second-order valence-electron chi connectivity index (χ2n) is 7.99. The molecule has 1 amide bonds. The average molecular weight is 431 g/mol. The summed E-state index contributed by atoms with van der Waals surface area (Å²) in [6.45, 7) is 0.274. The summed E-state index contributed by atoms with van der Waals surface area (Å²) in [4.78, 5) is 32.5. The minimum Gasteiger partial charge on any atom is -0.507 e. The number of pyridine rings is 1. The largest absolute Gasteiger partial charge is 0.507 e. The minimum atomic E-state index is -0.636. The zero-order valence-corrected chi connectivity index (χ0v) is 17.8. The topological polar surface area (TPSA) is 70.5 Å². The maximum Gasteiger partial charge on any atom is 0.295 e. The molecule has 1 aliphatic carbocycles. The fourth-order valence-electron chi connectivity index (χ4n) is 4.51. The molecule has 1 atom stereocenters. The third kappa shape index (κ3) is 3.57. The number of hydrogen-bond donors (Lipinski definition) is 1. The van der Waals surface area contributed by atoms with Crippen LogP contribution in [-0.2, 0) is 29.0 Å². The smallest absolute Gasteiger partial charge is 0.295 e. The van der Waals surface area contributed by atoms with Gasteiger partial charge in [0.15, 0.2) is 0 Å². The third-order valence-electron chi connectivity index (χ3n) is 6.08. The van der Waals surface area contributed by atoms with Crippen molar-refractivity contribution < 1.29 is 14.7 Å². The van der Waals surface area contributed by atoms with Crippen LogP contribution in [0.25, 0.3) is 5.76 Å².